The van der Waals surface area contributed by atoms with E-state index in [-0.39, 0.29) is 39.4 Å². The number of hydrogen-bond donors (Lipinski definition) is 1. The molecular weight excluding hydrogens is 372 g/mol. The zero-order chi connectivity index (χ0) is 3.58. The molecule has 2 nitrogen and oxygen atoms in total. The molecule has 0 aliphatic heterocycles. The van der Waals surface area contributed by atoms with Crippen LogP contribution in [-0.2, 0) is 39.4 Å². The van der Waals surface area contributed by atoms with Crippen LogP contribution < -0.4 is 0 Å². The second-order valence-corrected chi connectivity index (χ2v) is 1.20. The summed E-state index contributed by atoms with van der Waals surface area (Å²) in [6, 6.07) is 0. The Bertz CT molecular complexity index is 36.5. The Morgan fingerprint density at radius 2 is 1.67 bits per heavy atom. The summed E-state index contributed by atoms with van der Waals surface area (Å²) in [6.07, 6.45) is 0. The Morgan fingerprint density at radius 1 is 1.67 bits per heavy atom. The Balaban J connectivity index is -0.0000000450. The fourth-order valence-corrected chi connectivity index (χ4v) is 0. The Hall–Kier alpha value is 1.29. The number of rotatable bonds is 0. The Kier molecular flexibility index (Phi) is 25.0. The molecule has 0 amide bonds. The average Bonchev–Trinajstić information content (AvgIpc) is 0.811. The van der Waals surface area contributed by atoms with E-state index >= 15 is 0 Å². The van der Waals surface area contributed by atoms with Gasteiger partial charge in [-0.05, 0) is 0 Å². The molecule has 0 aromatic rings. The standard InChI is InChI=1S/CH2AsO2.Au.Fe/c2-1(3)4;;/h2H,(H,3,4);;. The molecule has 5 heteroatoms. The van der Waals surface area contributed by atoms with E-state index in [0.29, 0.717) is 0 Å². The first-order chi connectivity index (χ1) is 1.73. The zero-order valence-electron chi connectivity index (χ0n) is 2.51. The van der Waals surface area contributed by atoms with Crippen molar-refractivity contribution in [2.75, 3.05) is 0 Å². The maximum atomic E-state index is 9.00. The summed E-state index contributed by atoms with van der Waals surface area (Å²) in [6.45, 7) is 0. The van der Waals surface area contributed by atoms with Gasteiger partial charge in [0, 0.05) is 39.4 Å². The number of carboxylic acid groups (broad SMARTS) is 1. The maximum absolute atomic E-state index is 9.00. The molecule has 0 aliphatic rings. The summed E-state index contributed by atoms with van der Waals surface area (Å²) < 4.78 is -0.833. The second kappa shape index (κ2) is 9.56. The molecule has 0 bridgehead atoms. The smallest absolute Gasteiger partial charge is 0 e. The molecule has 42 valence electrons. The third kappa shape index (κ3) is 58.6. The summed E-state index contributed by atoms with van der Waals surface area (Å²) in [5.74, 6) is 0. The normalized spacial score (nSPS) is 4.17. The van der Waals surface area contributed by atoms with Gasteiger partial charge in [-0.15, -0.1) is 0 Å². The van der Waals surface area contributed by atoms with Crippen molar-refractivity contribution in [1.82, 2.24) is 0 Å². The summed E-state index contributed by atoms with van der Waals surface area (Å²) in [5, 5.41) is 7.42. The molecule has 1 N–H and O–H groups in total. The van der Waals surface area contributed by atoms with E-state index in [1.54, 1.807) is 0 Å². The van der Waals surface area contributed by atoms with E-state index in [9.17, 15) is 0 Å². The SMILES string of the molecule is O=C(O)[AsH].[Au].[Fe]. The molecule has 0 fully saturated rings. The predicted octanol–water partition coefficient (Wildman–Crippen LogP) is -0.440. The van der Waals surface area contributed by atoms with E-state index in [1.807, 2.05) is 0 Å². The van der Waals surface area contributed by atoms with Crippen molar-refractivity contribution in [2.24, 2.45) is 0 Å². The fourth-order valence-electron chi connectivity index (χ4n) is 0. The molecule has 0 saturated carbocycles. The minimum atomic E-state index is -0.833. The van der Waals surface area contributed by atoms with Crippen LogP contribution in [-0.4, -0.2) is 26.7 Å². The first kappa shape index (κ1) is 15.7. The quantitative estimate of drug-likeness (QED) is 0.585. The van der Waals surface area contributed by atoms with E-state index in [0.717, 1.165) is 16.9 Å². The van der Waals surface area contributed by atoms with Crippen molar-refractivity contribution >= 4 is 21.6 Å². The molecule has 2 radical (unpaired) electrons. The third-order valence-electron chi connectivity index (χ3n) is 0. The first-order valence-electron chi connectivity index (χ1n) is 0.678. The van der Waals surface area contributed by atoms with Crippen LogP contribution in [0.2, 0.25) is 0 Å². The van der Waals surface area contributed by atoms with Gasteiger partial charge in [0.05, 0.1) is 0 Å². The first-order valence-corrected chi connectivity index (χ1v) is 1.73. The minimum Gasteiger partial charge on any atom is 0 e. The van der Waals surface area contributed by atoms with Gasteiger partial charge >= 0.3 is 31.5 Å². The monoisotopic (exact) mass is 374 g/mol. The van der Waals surface area contributed by atoms with Crippen molar-refractivity contribution in [3.8, 4) is 0 Å². The van der Waals surface area contributed by atoms with Gasteiger partial charge in [0.1, 0.15) is 0 Å². The van der Waals surface area contributed by atoms with Gasteiger partial charge in [-0.3, -0.25) is 0 Å². The second-order valence-electron chi connectivity index (χ2n) is 0.305. The van der Waals surface area contributed by atoms with E-state index in [1.165, 1.54) is 0 Å². The molecule has 0 atom stereocenters. The molecule has 0 spiro atoms. The van der Waals surface area contributed by atoms with Crippen molar-refractivity contribution in [3.63, 3.8) is 0 Å². The molecule has 0 aliphatic carbocycles. The van der Waals surface area contributed by atoms with E-state index < -0.39 is 4.76 Å². The molecule has 0 aromatic carbocycles. The maximum Gasteiger partial charge on any atom is 0 e. The minimum absolute atomic E-state index is 0. The molecule has 0 saturated heterocycles. The largest absolute Gasteiger partial charge is 0 e. The van der Waals surface area contributed by atoms with Gasteiger partial charge in [-0.2, -0.15) is 0 Å². The van der Waals surface area contributed by atoms with Crippen LogP contribution in [0.4, 0.5) is 4.79 Å². The van der Waals surface area contributed by atoms with Crippen LogP contribution >= 0.6 is 0 Å². The predicted molar refractivity (Wildman–Crippen MR) is 15.2 cm³/mol. The van der Waals surface area contributed by atoms with Crippen LogP contribution in [0.1, 0.15) is 0 Å². The van der Waals surface area contributed by atoms with Gasteiger partial charge in [-0.1, -0.05) is 0 Å². The van der Waals surface area contributed by atoms with Crippen molar-refractivity contribution in [2.45, 2.75) is 0 Å². The summed E-state index contributed by atoms with van der Waals surface area (Å²) in [4.78, 5) is 9.00. The molecule has 0 aromatic heterocycles. The van der Waals surface area contributed by atoms with Crippen LogP contribution in [0.15, 0.2) is 0 Å². The summed E-state index contributed by atoms with van der Waals surface area (Å²) >= 11 is 1.08. The van der Waals surface area contributed by atoms with Crippen LogP contribution in [0.25, 0.3) is 0 Å². The van der Waals surface area contributed by atoms with Gasteiger partial charge < -0.3 is 0 Å². The van der Waals surface area contributed by atoms with E-state index in [2.05, 4.69) is 0 Å². The van der Waals surface area contributed by atoms with Crippen molar-refractivity contribution in [1.29, 1.82) is 0 Å². The van der Waals surface area contributed by atoms with Gasteiger partial charge in [0.15, 0.2) is 0 Å². The van der Waals surface area contributed by atoms with Gasteiger partial charge in [0.25, 0.3) is 0 Å². The third-order valence-corrected chi connectivity index (χ3v) is 0. The summed E-state index contributed by atoms with van der Waals surface area (Å²) in [7, 11) is 0. The van der Waals surface area contributed by atoms with Gasteiger partial charge in [0.2, 0.25) is 0 Å². The van der Waals surface area contributed by atoms with Gasteiger partial charge in [-0.25, -0.2) is 0 Å². The van der Waals surface area contributed by atoms with E-state index in [4.69, 9.17) is 9.90 Å². The molecule has 0 heterocycles. The molecule has 0 unspecified atom stereocenters. The summed E-state index contributed by atoms with van der Waals surface area (Å²) in [5.41, 5.74) is 0. The topological polar surface area (TPSA) is 37.3 Å². The van der Waals surface area contributed by atoms with Crippen molar-refractivity contribution < 1.29 is 49.3 Å². The number of hydrogen-bond acceptors (Lipinski definition) is 1. The van der Waals surface area contributed by atoms with Crippen LogP contribution in [0.5, 0.6) is 0 Å². The molecule has 6 heavy (non-hydrogen) atoms. The molecular formula is CH2AsAuFeO2. The molecule has 0 rings (SSSR count). The fraction of sp³-hybridized carbons (Fsp3) is 0. The Labute approximate surface area is 70.5 Å². The Morgan fingerprint density at radius 3 is 1.67 bits per heavy atom. The zero-order valence-corrected chi connectivity index (χ0v) is 7.88. The average molecular weight is 374 g/mol. The van der Waals surface area contributed by atoms with Crippen molar-refractivity contribution in [3.05, 3.63) is 0 Å². The number of carbonyl (C=O) groups is 1. The van der Waals surface area contributed by atoms with Crippen LogP contribution in [0, 0.1) is 0 Å². The van der Waals surface area contributed by atoms with Crippen LogP contribution in [0.3, 0.4) is 0 Å².